The van der Waals surface area contributed by atoms with Gasteiger partial charge in [-0.05, 0) is 49.9 Å². The van der Waals surface area contributed by atoms with Crippen molar-refractivity contribution < 1.29 is 0 Å². The number of hydrogen-bond acceptors (Lipinski definition) is 2. The zero-order valence-corrected chi connectivity index (χ0v) is 10.6. The van der Waals surface area contributed by atoms with Crippen LogP contribution in [0, 0.1) is 11.3 Å². The number of amidine groups is 1. The van der Waals surface area contributed by atoms with Crippen LogP contribution >= 0.6 is 0 Å². The summed E-state index contributed by atoms with van der Waals surface area (Å²) in [7, 11) is 0. The Labute approximate surface area is 103 Å². The molecule has 0 amide bonds. The molecule has 1 heterocycles. The van der Waals surface area contributed by atoms with Crippen molar-refractivity contribution in [2.24, 2.45) is 11.7 Å². The maximum Gasteiger partial charge on any atom is 0.122 e. The highest BCUT2D eigenvalue weighted by atomic mass is 15.2. The Balaban J connectivity index is 2.19. The SMILES string of the molecule is CC1CCCN(c2ccc(C(=N)N)cc2)C1C. The molecule has 17 heavy (non-hydrogen) atoms. The number of nitrogens with one attached hydrogen (secondary N) is 1. The molecule has 3 N–H and O–H groups in total. The Kier molecular flexibility index (Phi) is 3.36. The van der Waals surface area contributed by atoms with Crippen molar-refractivity contribution in [1.29, 1.82) is 5.41 Å². The van der Waals surface area contributed by atoms with E-state index in [-0.39, 0.29) is 5.84 Å². The van der Waals surface area contributed by atoms with Crippen LogP contribution in [0.2, 0.25) is 0 Å². The summed E-state index contributed by atoms with van der Waals surface area (Å²) in [6.45, 7) is 5.74. The van der Waals surface area contributed by atoms with Crippen LogP contribution in [0.25, 0.3) is 0 Å². The molecule has 3 heteroatoms. The lowest BCUT2D eigenvalue weighted by Crippen LogP contribution is -2.42. The summed E-state index contributed by atoms with van der Waals surface area (Å²) in [5.74, 6) is 0.882. The molecule has 1 fully saturated rings. The summed E-state index contributed by atoms with van der Waals surface area (Å²) in [6.07, 6.45) is 2.59. The number of anilines is 1. The van der Waals surface area contributed by atoms with Gasteiger partial charge in [0.1, 0.15) is 5.84 Å². The van der Waals surface area contributed by atoms with Crippen LogP contribution in [0.4, 0.5) is 5.69 Å². The number of rotatable bonds is 2. The fraction of sp³-hybridized carbons (Fsp3) is 0.500. The third-order valence-electron chi connectivity index (χ3n) is 3.88. The van der Waals surface area contributed by atoms with E-state index in [2.05, 4.69) is 30.9 Å². The molecule has 0 bridgehead atoms. The van der Waals surface area contributed by atoms with E-state index < -0.39 is 0 Å². The lowest BCUT2D eigenvalue weighted by Gasteiger charge is -2.39. The Morgan fingerprint density at radius 2 is 1.94 bits per heavy atom. The summed E-state index contributed by atoms with van der Waals surface area (Å²) in [6, 6.07) is 8.61. The molecule has 2 atom stereocenters. The van der Waals surface area contributed by atoms with Gasteiger partial charge in [0.25, 0.3) is 0 Å². The molecule has 2 unspecified atom stereocenters. The van der Waals surface area contributed by atoms with Crippen molar-refractivity contribution in [3.63, 3.8) is 0 Å². The van der Waals surface area contributed by atoms with Gasteiger partial charge in [0.2, 0.25) is 0 Å². The minimum absolute atomic E-state index is 0.136. The van der Waals surface area contributed by atoms with E-state index in [9.17, 15) is 0 Å². The number of piperidine rings is 1. The van der Waals surface area contributed by atoms with E-state index in [4.69, 9.17) is 11.1 Å². The van der Waals surface area contributed by atoms with Crippen LogP contribution in [0.15, 0.2) is 24.3 Å². The molecular weight excluding hydrogens is 210 g/mol. The van der Waals surface area contributed by atoms with Crippen molar-refractivity contribution in [1.82, 2.24) is 0 Å². The highest BCUT2D eigenvalue weighted by molar-refractivity contribution is 5.95. The van der Waals surface area contributed by atoms with Gasteiger partial charge in [0, 0.05) is 23.8 Å². The molecule has 0 radical (unpaired) electrons. The predicted molar refractivity (Wildman–Crippen MR) is 72.7 cm³/mol. The lowest BCUT2D eigenvalue weighted by molar-refractivity contribution is 0.363. The van der Waals surface area contributed by atoms with Crippen LogP contribution in [0.5, 0.6) is 0 Å². The van der Waals surface area contributed by atoms with E-state index >= 15 is 0 Å². The van der Waals surface area contributed by atoms with Gasteiger partial charge >= 0.3 is 0 Å². The molecule has 1 saturated heterocycles. The summed E-state index contributed by atoms with van der Waals surface area (Å²) in [5.41, 5.74) is 7.50. The molecule has 2 rings (SSSR count). The molecule has 0 spiro atoms. The second kappa shape index (κ2) is 4.78. The number of benzene rings is 1. The van der Waals surface area contributed by atoms with Crippen molar-refractivity contribution in [2.75, 3.05) is 11.4 Å². The Morgan fingerprint density at radius 3 is 2.53 bits per heavy atom. The van der Waals surface area contributed by atoms with Crippen LogP contribution in [-0.2, 0) is 0 Å². The minimum atomic E-state index is 0.136. The standard InChI is InChI=1S/C14H21N3/c1-10-4-3-9-17(11(10)2)13-7-5-12(6-8-13)14(15)16/h5-8,10-11H,3-4,9H2,1-2H3,(H3,15,16). The van der Waals surface area contributed by atoms with Gasteiger partial charge in [-0.2, -0.15) is 0 Å². The van der Waals surface area contributed by atoms with Crippen molar-refractivity contribution in [3.8, 4) is 0 Å². The number of nitrogen functional groups attached to an aromatic ring is 1. The van der Waals surface area contributed by atoms with Gasteiger partial charge in [-0.15, -0.1) is 0 Å². The summed E-state index contributed by atoms with van der Waals surface area (Å²) in [5, 5.41) is 7.39. The molecule has 1 aliphatic rings. The quantitative estimate of drug-likeness (QED) is 0.607. The second-order valence-corrected chi connectivity index (χ2v) is 5.01. The number of hydrogen-bond donors (Lipinski definition) is 2. The van der Waals surface area contributed by atoms with E-state index in [0.29, 0.717) is 6.04 Å². The van der Waals surface area contributed by atoms with Gasteiger partial charge in [0.05, 0.1) is 0 Å². The largest absolute Gasteiger partial charge is 0.384 e. The first-order valence-corrected chi connectivity index (χ1v) is 6.30. The Bertz CT molecular complexity index is 396. The smallest absolute Gasteiger partial charge is 0.122 e. The van der Waals surface area contributed by atoms with E-state index in [1.807, 2.05) is 12.1 Å². The molecule has 1 aliphatic heterocycles. The van der Waals surface area contributed by atoms with Crippen LogP contribution in [-0.4, -0.2) is 18.4 Å². The average molecular weight is 231 g/mol. The first kappa shape index (κ1) is 12.0. The fourth-order valence-electron chi connectivity index (χ4n) is 2.53. The first-order valence-electron chi connectivity index (χ1n) is 6.30. The first-order chi connectivity index (χ1) is 8.09. The topological polar surface area (TPSA) is 53.1 Å². The fourth-order valence-corrected chi connectivity index (χ4v) is 2.53. The zero-order chi connectivity index (χ0) is 12.4. The third kappa shape index (κ3) is 2.43. The van der Waals surface area contributed by atoms with Crippen molar-refractivity contribution in [2.45, 2.75) is 32.7 Å². The number of nitrogens with two attached hydrogens (primary N) is 1. The van der Waals surface area contributed by atoms with Crippen LogP contribution in [0.1, 0.15) is 32.3 Å². The maximum atomic E-state index is 7.39. The zero-order valence-electron chi connectivity index (χ0n) is 10.6. The highest BCUT2D eigenvalue weighted by Crippen LogP contribution is 2.28. The van der Waals surface area contributed by atoms with Crippen molar-refractivity contribution >= 4 is 11.5 Å². The Morgan fingerprint density at radius 1 is 1.29 bits per heavy atom. The predicted octanol–water partition coefficient (Wildman–Crippen LogP) is 2.60. The van der Waals surface area contributed by atoms with Crippen LogP contribution in [0.3, 0.4) is 0 Å². The van der Waals surface area contributed by atoms with Gasteiger partial charge in [-0.3, -0.25) is 5.41 Å². The van der Waals surface area contributed by atoms with E-state index in [1.54, 1.807) is 0 Å². The van der Waals surface area contributed by atoms with E-state index in [1.165, 1.54) is 18.5 Å². The van der Waals surface area contributed by atoms with Gasteiger partial charge < -0.3 is 10.6 Å². The van der Waals surface area contributed by atoms with Crippen molar-refractivity contribution in [3.05, 3.63) is 29.8 Å². The monoisotopic (exact) mass is 231 g/mol. The van der Waals surface area contributed by atoms with Crippen LogP contribution < -0.4 is 10.6 Å². The minimum Gasteiger partial charge on any atom is -0.384 e. The van der Waals surface area contributed by atoms with Gasteiger partial charge in [-0.25, -0.2) is 0 Å². The molecule has 1 aromatic rings. The second-order valence-electron chi connectivity index (χ2n) is 5.01. The summed E-state index contributed by atoms with van der Waals surface area (Å²) < 4.78 is 0. The molecule has 1 aromatic carbocycles. The highest BCUT2D eigenvalue weighted by Gasteiger charge is 2.24. The normalized spacial score (nSPS) is 24.7. The lowest BCUT2D eigenvalue weighted by atomic mass is 9.91. The number of nitrogens with zero attached hydrogens (tertiary/aromatic N) is 1. The molecule has 0 aromatic heterocycles. The molecule has 0 aliphatic carbocycles. The molecular formula is C14H21N3. The molecule has 3 nitrogen and oxygen atoms in total. The van der Waals surface area contributed by atoms with E-state index in [0.717, 1.165) is 18.0 Å². The summed E-state index contributed by atoms with van der Waals surface area (Å²) in [4.78, 5) is 2.46. The summed E-state index contributed by atoms with van der Waals surface area (Å²) >= 11 is 0. The average Bonchev–Trinajstić information content (AvgIpc) is 2.33. The maximum absolute atomic E-state index is 7.39. The molecule has 0 saturated carbocycles. The van der Waals surface area contributed by atoms with Gasteiger partial charge in [-0.1, -0.05) is 6.92 Å². The molecule has 92 valence electrons. The Hall–Kier alpha value is -1.51. The van der Waals surface area contributed by atoms with Gasteiger partial charge in [0.15, 0.2) is 0 Å². The third-order valence-corrected chi connectivity index (χ3v) is 3.88.